The molecule has 0 fully saturated rings. The summed E-state index contributed by atoms with van der Waals surface area (Å²) in [4.78, 5) is 0. The van der Waals surface area contributed by atoms with Crippen LogP contribution in [-0.4, -0.2) is 11.2 Å². The van der Waals surface area contributed by atoms with Gasteiger partial charge in [-0.25, -0.2) is 0 Å². The predicted octanol–water partition coefficient (Wildman–Crippen LogP) is 1.07. The average molecular weight is 279 g/mol. The molecule has 0 aliphatic carbocycles. The molecule has 0 atom stereocenters. The van der Waals surface area contributed by atoms with Crippen LogP contribution in [0.25, 0.3) is 0 Å². The van der Waals surface area contributed by atoms with Crippen molar-refractivity contribution in [3.05, 3.63) is 0 Å². The fourth-order valence-corrected chi connectivity index (χ4v) is 0. The number of hydrogen-bond acceptors (Lipinski definition) is 1. The second-order valence-corrected chi connectivity index (χ2v) is 1.09. The van der Waals surface area contributed by atoms with Gasteiger partial charge in [0.25, 0.3) is 0 Å². The van der Waals surface area contributed by atoms with Crippen LogP contribution >= 0.6 is 9.42 Å². The summed E-state index contributed by atoms with van der Waals surface area (Å²) in [6.45, 7) is 3.44. The third kappa shape index (κ3) is 87.0. The standard InChI is InChI=1S/C3H8O.ClH.W/c1-3(2)4;;/h3-4H,1-2H3;1H;/q;;+1/p-1. The van der Waals surface area contributed by atoms with E-state index in [1.807, 2.05) is 0 Å². The molecule has 0 aromatic rings. The summed E-state index contributed by atoms with van der Waals surface area (Å²) in [5.41, 5.74) is 0. The molecule has 0 bridgehead atoms. The molecule has 0 heterocycles. The number of aliphatic hydroxyl groups is 1. The molecule has 1 nitrogen and oxygen atoms in total. The number of hydrogen-bond donors (Lipinski definition) is 1. The first-order valence-corrected chi connectivity index (χ1v) is 5.20. The summed E-state index contributed by atoms with van der Waals surface area (Å²) in [7, 11) is 4.72. The Morgan fingerprint density at radius 2 is 1.50 bits per heavy atom. The van der Waals surface area contributed by atoms with Crippen molar-refractivity contribution in [2.45, 2.75) is 20.0 Å². The van der Waals surface area contributed by atoms with E-state index in [1.165, 1.54) is 0 Å². The molecule has 0 unspecified atom stereocenters. The zero-order valence-corrected chi connectivity index (χ0v) is 7.50. The van der Waals surface area contributed by atoms with Gasteiger partial charge in [0.2, 0.25) is 0 Å². The number of aliphatic hydroxyl groups excluding tert-OH is 1. The molecule has 0 radical (unpaired) electrons. The van der Waals surface area contributed by atoms with Gasteiger partial charge in [0.05, 0.1) is 0 Å². The Balaban J connectivity index is 0. The van der Waals surface area contributed by atoms with Crippen molar-refractivity contribution >= 4 is 9.42 Å². The van der Waals surface area contributed by atoms with Crippen LogP contribution in [0, 0.1) is 0 Å². The van der Waals surface area contributed by atoms with Crippen molar-refractivity contribution in [1.82, 2.24) is 0 Å². The Bertz CT molecular complexity index is 15.5. The molecule has 0 aromatic heterocycles. The normalized spacial score (nSPS) is 6.83. The third-order valence-electron chi connectivity index (χ3n) is 0. The Labute approximate surface area is 53.5 Å². The predicted molar refractivity (Wildman–Crippen MR) is 23.2 cm³/mol. The Kier molecular flexibility index (Phi) is 15.6. The van der Waals surface area contributed by atoms with Crippen molar-refractivity contribution in [3.63, 3.8) is 0 Å². The van der Waals surface area contributed by atoms with E-state index in [1.54, 1.807) is 13.8 Å². The molecule has 6 heavy (non-hydrogen) atoms. The van der Waals surface area contributed by atoms with Gasteiger partial charge in [-0.2, -0.15) is 0 Å². The van der Waals surface area contributed by atoms with Crippen LogP contribution in [0.1, 0.15) is 13.8 Å². The number of halogens is 1. The molecule has 3 heteroatoms. The Hall–Kier alpha value is 0.938. The van der Waals surface area contributed by atoms with Gasteiger partial charge < -0.3 is 5.11 Å². The minimum absolute atomic E-state index is 0.167. The SMILES string of the molecule is CC(C)O.[Cl][W]. The van der Waals surface area contributed by atoms with E-state index in [0.29, 0.717) is 0 Å². The fourth-order valence-electron chi connectivity index (χ4n) is 0. The monoisotopic (exact) mass is 279 g/mol. The molecular weight excluding hydrogens is 271 g/mol. The van der Waals surface area contributed by atoms with Crippen molar-refractivity contribution in [2.24, 2.45) is 0 Å². The number of rotatable bonds is 0. The molecule has 0 aromatic carbocycles. The molecule has 0 aliphatic heterocycles. The van der Waals surface area contributed by atoms with E-state index < -0.39 is 0 Å². The molecule has 1 N–H and O–H groups in total. The van der Waals surface area contributed by atoms with Crippen LogP contribution in [0.5, 0.6) is 0 Å². The van der Waals surface area contributed by atoms with Crippen LogP contribution in [0.15, 0.2) is 0 Å². The van der Waals surface area contributed by atoms with Gasteiger partial charge in [0, 0.05) is 6.10 Å². The van der Waals surface area contributed by atoms with Gasteiger partial charge in [0.15, 0.2) is 0 Å². The van der Waals surface area contributed by atoms with Crippen molar-refractivity contribution in [2.75, 3.05) is 0 Å². The Morgan fingerprint density at radius 3 is 1.50 bits per heavy atom. The summed E-state index contributed by atoms with van der Waals surface area (Å²) in [5, 5.41) is 8.06. The van der Waals surface area contributed by atoms with E-state index in [-0.39, 0.29) is 6.10 Å². The summed E-state index contributed by atoms with van der Waals surface area (Å²) in [5.74, 6) is 0. The molecule has 0 saturated carbocycles. The first kappa shape index (κ1) is 10.0. The maximum absolute atomic E-state index is 8.06. The van der Waals surface area contributed by atoms with E-state index in [9.17, 15) is 0 Å². The van der Waals surface area contributed by atoms with Gasteiger partial charge in [0.1, 0.15) is 0 Å². The van der Waals surface area contributed by atoms with Crippen LogP contribution in [0.4, 0.5) is 0 Å². The van der Waals surface area contributed by atoms with Crippen LogP contribution < -0.4 is 0 Å². The second kappa shape index (κ2) is 9.34. The van der Waals surface area contributed by atoms with Gasteiger partial charge in [-0.3, -0.25) is 0 Å². The average Bonchev–Trinajstić information content (AvgIpc) is 1.41. The van der Waals surface area contributed by atoms with Gasteiger partial charge >= 0.3 is 28.2 Å². The summed E-state index contributed by atoms with van der Waals surface area (Å²) in [6.07, 6.45) is -0.167. The first-order chi connectivity index (χ1) is 2.73. The molecular formula is C3H8ClOW. The third-order valence-corrected chi connectivity index (χ3v) is 0. The van der Waals surface area contributed by atoms with Crippen LogP contribution in [0.3, 0.4) is 0 Å². The van der Waals surface area contributed by atoms with Gasteiger partial charge in [-0.15, -0.1) is 0 Å². The molecule has 0 aliphatic rings. The van der Waals surface area contributed by atoms with E-state index in [4.69, 9.17) is 14.5 Å². The first-order valence-electron chi connectivity index (χ1n) is 1.57. The molecule has 0 spiro atoms. The Morgan fingerprint density at radius 1 is 1.50 bits per heavy atom. The molecule has 0 amide bonds. The summed E-state index contributed by atoms with van der Waals surface area (Å²) >= 11 is 1.06. The summed E-state index contributed by atoms with van der Waals surface area (Å²) < 4.78 is 0. The van der Waals surface area contributed by atoms with E-state index >= 15 is 0 Å². The molecule has 0 rings (SSSR count). The van der Waals surface area contributed by atoms with Crippen molar-refractivity contribution < 1.29 is 23.9 Å². The van der Waals surface area contributed by atoms with Crippen molar-refractivity contribution in [1.29, 1.82) is 0 Å². The topological polar surface area (TPSA) is 20.2 Å². The zero-order chi connectivity index (χ0) is 5.58. The van der Waals surface area contributed by atoms with E-state index in [0.717, 1.165) is 18.8 Å². The van der Waals surface area contributed by atoms with Crippen LogP contribution in [0.2, 0.25) is 0 Å². The van der Waals surface area contributed by atoms with Crippen LogP contribution in [-0.2, 0) is 18.8 Å². The van der Waals surface area contributed by atoms with Gasteiger partial charge in [-0.1, -0.05) is 0 Å². The quantitative estimate of drug-likeness (QED) is 0.703. The molecule has 0 saturated heterocycles. The van der Waals surface area contributed by atoms with Gasteiger partial charge in [-0.05, 0) is 13.8 Å². The molecule has 39 valence electrons. The summed E-state index contributed by atoms with van der Waals surface area (Å²) in [6, 6.07) is 0. The van der Waals surface area contributed by atoms with E-state index in [2.05, 4.69) is 0 Å². The fraction of sp³-hybridized carbons (Fsp3) is 1.00. The zero-order valence-electron chi connectivity index (χ0n) is 3.81. The second-order valence-electron chi connectivity index (χ2n) is 1.09. The maximum atomic E-state index is 8.06. The van der Waals surface area contributed by atoms with Crippen molar-refractivity contribution in [3.8, 4) is 0 Å². The minimum atomic E-state index is -0.167.